The monoisotopic (exact) mass is 296 g/mol. The molecule has 1 aromatic carbocycles. The first-order valence-corrected chi connectivity index (χ1v) is 6.60. The molecule has 0 unspecified atom stereocenters. The Kier molecular flexibility index (Phi) is 5.40. The highest BCUT2D eigenvalue weighted by Crippen LogP contribution is 2.27. The lowest BCUT2D eigenvalue weighted by Gasteiger charge is -2.11. The van der Waals surface area contributed by atoms with Crippen LogP contribution < -0.4 is 10.1 Å². The lowest BCUT2D eigenvalue weighted by atomic mass is 10.2. The van der Waals surface area contributed by atoms with Crippen LogP contribution in [0.4, 0.5) is 0 Å². The Hall–Kier alpha value is -1.56. The minimum atomic E-state index is 0.324. The third kappa shape index (κ3) is 3.72. The zero-order valence-electron chi connectivity index (χ0n) is 11.5. The molecule has 0 bridgehead atoms. The number of nitrogens with zero attached hydrogens (tertiary/aromatic N) is 1. The van der Waals surface area contributed by atoms with Crippen molar-refractivity contribution in [3.05, 3.63) is 46.3 Å². The molecule has 0 spiro atoms. The molecule has 6 heteroatoms. The van der Waals surface area contributed by atoms with Gasteiger partial charge in [-0.3, -0.25) is 0 Å². The van der Waals surface area contributed by atoms with E-state index in [1.807, 2.05) is 31.3 Å². The molecule has 1 N–H and O–H groups in total. The number of halogens is 1. The molecule has 0 saturated heterocycles. The van der Waals surface area contributed by atoms with Crippen molar-refractivity contribution in [2.45, 2.75) is 19.8 Å². The van der Waals surface area contributed by atoms with Crippen molar-refractivity contribution in [2.24, 2.45) is 0 Å². The molecule has 0 radical (unpaired) electrons. The van der Waals surface area contributed by atoms with Gasteiger partial charge in [0.15, 0.2) is 5.76 Å². The number of ether oxygens (including phenoxy) is 2. The maximum Gasteiger partial charge on any atom is 0.162 e. The Balaban J connectivity index is 2.04. The van der Waals surface area contributed by atoms with Crippen molar-refractivity contribution in [2.75, 3.05) is 14.2 Å². The second kappa shape index (κ2) is 7.28. The molecular weight excluding hydrogens is 280 g/mol. The normalized spacial score (nSPS) is 10.8. The van der Waals surface area contributed by atoms with E-state index in [1.54, 1.807) is 7.11 Å². The second-order valence-corrected chi connectivity index (χ2v) is 4.66. The number of hydrogen-bond donors (Lipinski definition) is 1. The number of rotatable bonds is 7. The molecule has 0 aliphatic heterocycles. The van der Waals surface area contributed by atoms with Crippen LogP contribution in [0.1, 0.15) is 17.0 Å². The summed E-state index contributed by atoms with van der Waals surface area (Å²) in [7, 11) is 3.47. The summed E-state index contributed by atoms with van der Waals surface area (Å²) in [4.78, 5) is 0. The fraction of sp³-hybridized carbons (Fsp3) is 0.357. The molecule has 0 saturated carbocycles. The predicted molar refractivity (Wildman–Crippen MR) is 75.8 cm³/mol. The van der Waals surface area contributed by atoms with Crippen molar-refractivity contribution < 1.29 is 14.0 Å². The maximum atomic E-state index is 6.16. The Bertz CT molecular complexity index is 557. The Morgan fingerprint density at radius 3 is 2.95 bits per heavy atom. The molecule has 0 fully saturated rings. The molecule has 0 amide bonds. The van der Waals surface area contributed by atoms with Crippen LogP contribution in [0, 0.1) is 0 Å². The highest BCUT2D eigenvalue weighted by molar-refractivity contribution is 6.31. The zero-order valence-corrected chi connectivity index (χ0v) is 12.2. The van der Waals surface area contributed by atoms with Gasteiger partial charge in [-0.25, -0.2) is 0 Å². The summed E-state index contributed by atoms with van der Waals surface area (Å²) in [5, 5.41) is 7.67. The Morgan fingerprint density at radius 2 is 2.20 bits per heavy atom. The molecule has 1 aromatic heterocycles. The summed E-state index contributed by atoms with van der Waals surface area (Å²) in [6.07, 6.45) is 0. The second-order valence-electron chi connectivity index (χ2n) is 4.25. The van der Waals surface area contributed by atoms with E-state index in [1.165, 1.54) is 0 Å². The summed E-state index contributed by atoms with van der Waals surface area (Å²) in [5.41, 5.74) is 1.64. The summed E-state index contributed by atoms with van der Waals surface area (Å²) in [6.45, 7) is 1.36. The van der Waals surface area contributed by atoms with Crippen LogP contribution in [-0.4, -0.2) is 19.3 Å². The van der Waals surface area contributed by atoms with Gasteiger partial charge in [-0.2, -0.15) is 0 Å². The van der Waals surface area contributed by atoms with Crippen LogP contribution in [0.25, 0.3) is 0 Å². The topological polar surface area (TPSA) is 56.5 Å². The first kappa shape index (κ1) is 14.8. The molecule has 5 nitrogen and oxygen atoms in total. The Morgan fingerprint density at radius 1 is 1.35 bits per heavy atom. The van der Waals surface area contributed by atoms with Crippen molar-refractivity contribution in [3.8, 4) is 5.75 Å². The molecule has 1 heterocycles. The fourth-order valence-electron chi connectivity index (χ4n) is 1.81. The quantitative estimate of drug-likeness (QED) is 0.851. The van der Waals surface area contributed by atoms with Crippen LogP contribution in [0.5, 0.6) is 5.75 Å². The number of methoxy groups -OCH3 is 1. The van der Waals surface area contributed by atoms with E-state index in [4.69, 9.17) is 25.6 Å². The molecule has 20 heavy (non-hydrogen) atoms. The van der Waals surface area contributed by atoms with E-state index in [0.29, 0.717) is 36.2 Å². The summed E-state index contributed by atoms with van der Waals surface area (Å²) < 4.78 is 15.8. The van der Waals surface area contributed by atoms with Crippen LogP contribution in [-0.2, 0) is 24.5 Å². The van der Waals surface area contributed by atoms with Gasteiger partial charge in [-0.05, 0) is 19.2 Å². The first-order valence-electron chi connectivity index (χ1n) is 6.22. The van der Waals surface area contributed by atoms with Gasteiger partial charge in [0.2, 0.25) is 0 Å². The molecule has 0 aliphatic rings. The third-order valence-corrected chi connectivity index (χ3v) is 3.05. The van der Waals surface area contributed by atoms with Gasteiger partial charge in [0, 0.05) is 30.3 Å². The van der Waals surface area contributed by atoms with Gasteiger partial charge < -0.3 is 19.3 Å². The predicted octanol–water partition coefficient (Wildman–Crippen LogP) is 2.77. The number of aromatic nitrogens is 1. The lowest BCUT2D eigenvalue weighted by molar-refractivity contribution is 0.155. The number of hydrogen-bond acceptors (Lipinski definition) is 5. The molecule has 108 valence electrons. The van der Waals surface area contributed by atoms with Crippen molar-refractivity contribution in [1.29, 1.82) is 0 Å². The van der Waals surface area contributed by atoms with Crippen LogP contribution in [0.2, 0.25) is 5.02 Å². The summed E-state index contributed by atoms with van der Waals surface area (Å²) in [6, 6.07) is 7.39. The molecule has 2 rings (SSSR count). The van der Waals surface area contributed by atoms with Gasteiger partial charge in [0.1, 0.15) is 24.7 Å². The molecular formula is C14H17ClN2O3. The standard InChI is InChI=1S/C14H17ClN2O3/c1-16-7-12-13(15)4-3-5-14(12)19-8-10-6-11(9-18-2)20-17-10/h3-6,16H,7-9H2,1-2H3. The van der Waals surface area contributed by atoms with Gasteiger partial charge in [-0.1, -0.05) is 22.8 Å². The zero-order chi connectivity index (χ0) is 14.4. The Labute approximate surface area is 122 Å². The van der Waals surface area contributed by atoms with Gasteiger partial charge >= 0.3 is 0 Å². The first-order chi connectivity index (χ1) is 9.74. The molecule has 2 aromatic rings. The summed E-state index contributed by atoms with van der Waals surface area (Å²) in [5.74, 6) is 1.41. The average molecular weight is 297 g/mol. The smallest absolute Gasteiger partial charge is 0.162 e. The van der Waals surface area contributed by atoms with Gasteiger partial charge in [-0.15, -0.1) is 0 Å². The van der Waals surface area contributed by atoms with Crippen molar-refractivity contribution >= 4 is 11.6 Å². The van der Waals surface area contributed by atoms with Crippen molar-refractivity contribution in [1.82, 2.24) is 10.5 Å². The highest BCUT2D eigenvalue weighted by Gasteiger charge is 2.09. The average Bonchev–Trinajstić information content (AvgIpc) is 2.88. The highest BCUT2D eigenvalue weighted by atomic mass is 35.5. The maximum absolute atomic E-state index is 6.16. The number of nitrogens with one attached hydrogen (secondary N) is 1. The fourth-order valence-corrected chi connectivity index (χ4v) is 2.04. The minimum Gasteiger partial charge on any atom is -0.487 e. The SMILES string of the molecule is CNCc1c(Cl)cccc1OCc1cc(COC)on1. The van der Waals surface area contributed by atoms with Gasteiger partial charge in [0.25, 0.3) is 0 Å². The van der Waals surface area contributed by atoms with E-state index in [9.17, 15) is 0 Å². The van der Waals surface area contributed by atoms with Crippen molar-refractivity contribution in [3.63, 3.8) is 0 Å². The van der Waals surface area contributed by atoms with E-state index in [-0.39, 0.29) is 0 Å². The third-order valence-electron chi connectivity index (χ3n) is 2.70. The van der Waals surface area contributed by atoms with Crippen LogP contribution in [0.15, 0.2) is 28.8 Å². The van der Waals surface area contributed by atoms with Gasteiger partial charge in [0.05, 0.1) is 0 Å². The van der Waals surface area contributed by atoms with E-state index < -0.39 is 0 Å². The van der Waals surface area contributed by atoms with E-state index in [2.05, 4.69) is 10.5 Å². The minimum absolute atomic E-state index is 0.324. The number of benzene rings is 1. The summed E-state index contributed by atoms with van der Waals surface area (Å²) >= 11 is 6.16. The molecule has 0 atom stereocenters. The van der Waals surface area contributed by atoms with E-state index >= 15 is 0 Å². The van der Waals surface area contributed by atoms with Crippen LogP contribution in [0.3, 0.4) is 0 Å². The largest absolute Gasteiger partial charge is 0.487 e. The van der Waals surface area contributed by atoms with Crippen LogP contribution >= 0.6 is 11.6 Å². The molecule has 0 aliphatic carbocycles. The van der Waals surface area contributed by atoms with E-state index in [0.717, 1.165) is 11.3 Å². The lowest BCUT2D eigenvalue weighted by Crippen LogP contribution is -2.08.